The van der Waals surface area contributed by atoms with Crippen molar-refractivity contribution in [3.8, 4) is 11.3 Å². The molecule has 0 bridgehead atoms. The van der Waals surface area contributed by atoms with Crippen LogP contribution in [0.2, 0.25) is 0 Å². The number of aliphatic hydroxyl groups is 2. The number of H-pyrrole nitrogens is 1. The van der Waals surface area contributed by atoms with E-state index in [1.54, 1.807) is 0 Å². The summed E-state index contributed by atoms with van der Waals surface area (Å²) in [5, 5.41) is 18.7. The molecule has 1 atom stereocenters. The summed E-state index contributed by atoms with van der Waals surface area (Å²) in [6.07, 6.45) is 0.932. The van der Waals surface area contributed by atoms with Gasteiger partial charge in [-0.1, -0.05) is 30.3 Å². The van der Waals surface area contributed by atoms with Gasteiger partial charge in [0.25, 0.3) is 5.56 Å². The standard InChI is InChI=1S/C25H28N4O3/c30-16-19(31)15-28-10-12-29(13-11-28)18-8-6-17-7-9-22(26-23(17)14-18)24-20-4-2-1-3-5-21(20)27-25(24)32/h1-6,8,14,19,30-31H,7,9-13,15-16H2,(H,27,32). The molecule has 1 unspecified atom stereocenters. The maximum absolute atomic E-state index is 12.7. The van der Waals surface area contributed by atoms with Crippen molar-refractivity contribution >= 4 is 17.1 Å². The Morgan fingerprint density at radius 3 is 2.66 bits per heavy atom. The quantitative estimate of drug-likeness (QED) is 0.574. The number of nitrogens with one attached hydrogen (secondary N) is 1. The first-order chi connectivity index (χ1) is 15.6. The molecule has 7 nitrogen and oxygen atoms in total. The number of anilines is 1. The Labute approximate surface area is 187 Å². The number of aromatic nitrogens is 1. The third-order valence-corrected chi connectivity index (χ3v) is 6.44. The molecule has 0 amide bonds. The number of aliphatic imine (C=N–C) groups is 1. The molecular formula is C25H28N4O3. The third kappa shape index (κ3) is 4.07. The van der Waals surface area contributed by atoms with Crippen LogP contribution in [0.15, 0.2) is 58.3 Å². The Bertz CT molecular complexity index is 1160. The molecular weight excluding hydrogens is 404 g/mol. The van der Waals surface area contributed by atoms with E-state index in [4.69, 9.17) is 10.1 Å². The van der Waals surface area contributed by atoms with Crippen LogP contribution in [0.4, 0.5) is 11.4 Å². The lowest BCUT2D eigenvalue weighted by Crippen LogP contribution is -2.49. The molecule has 3 N–H and O–H groups in total. The molecule has 5 rings (SSSR count). The molecule has 7 heteroatoms. The predicted octanol–water partition coefficient (Wildman–Crippen LogP) is 2.02. The fourth-order valence-electron chi connectivity index (χ4n) is 4.71. The molecule has 0 spiro atoms. The number of fused-ring (bicyclic) bond motifs is 2. The molecule has 1 aromatic carbocycles. The summed E-state index contributed by atoms with van der Waals surface area (Å²) in [4.78, 5) is 25.1. The number of β-amino-alcohol motifs (C(OH)–C–C–N with tert-alkyl or cyclic N) is 1. The van der Waals surface area contributed by atoms with Gasteiger partial charge in [-0.05, 0) is 36.6 Å². The number of aliphatic hydroxyl groups excluding tert-OH is 2. The van der Waals surface area contributed by atoms with Gasteiger partial charge in [0.2, 0.25) is 0 Å². The van der Waals surface area contributed by atoms with Crippen LogP contribution in [0.25, 0.3) is 11.3 Å². The van der Waals surface area contributed by atoms with Gasteiger partial charge in [0.1, 0.15) is 0 Å². The van der Waals surface area contributed by atoms with Gasteiger partial charge in [0.05, 0.1) is 29.7 Å². The van der Waals surface area contributed by atoms with E-state index in [0.717, 1.165) is 67.4 Å². The first-order valence-corrected chi connectivity index (χ1v) is 11.2. The minimum Gasteiger partial charge on any atom is -0.394 e. The van der Waals surface area contributed by atoms with Crippen molar-refractivity contribution in [2.75, 3.05) is 44.2 Å². The molecule has 166 valence electrons. The largest absolute Gasteiger partial charge is 0.394 e. The number of aryl methyl sites for hydroxylation is 1. The first-order valence-electron chi connectivity index (χ1n) is 11.2. The molecule has 1 fully saturated rings. The Balaban J connectivity index is 1.39. The number of hydrogen-bond donors (Lipinski definition) is 3. The predicted molar refractivity (Wildman–Crippen MR) is 126 cm³/mol. The van der Waals surface area contributed by atoms with Crippen molar-refractivity contribution in [3.05, 3.63) is 70.0 Å². The highest BCUT2D eigenvalue weighted by Crippen LogP contribution is 2.33. The average molecular weight is 433 g/mol. The van der Waals surface area contributed by atoms with Crippen molar-refractivity contribution in [2.24, 2.45) is 4.99 Å². The van der Waals surface area contributed by atoms with E-state index in [9.17, 15) is 9.90 Å². The number of piperazine rings is 1. The minimum absolute atomic E-state index is 0.0780. The van der Waals surface area contributed by atoms with Crippen LogP contribution < -0.4 is 10.5 Å². The number of rotatable bonds is 5. The lowest BCUT2D eigenvalue weighted by Gasteiger charge is -2.37. The third-order valence-electron chi connectivity index (χ3n) is 6.44. The molecule has 0 saturated carbocycles. The smallest absolute Gasteiger partial charge is 0.258 e. The Morgan fingerprint density at radius 2 is 1.84 bits per heavy atom. The van der Waals surface area contributed by atoms with Crippen LogP contribution in [0, 0.1) is 0 Å². The second-order valence-electron chi connectivity index (χ2n) is 8.56. The van der Waals surface area contributed by atoms with Gasteiger partial charge < -0.3 is 20.1 Å². The van der Waals surface area contributed by atoms with Crippen LogP contribution >= 0.6 is 0 Å². The molecule has 3 aliphatic heterocycles. The number of hydrogen-bond acceptors (Lipinski definition) is 6. The SMILES string of the molecule is O=c1[nH]c2cccccc-2c1C1=Nc2cc(N3CCN(CC(O)CO)CC3)ccc2CC1. The zero-order valence-corrected chi connectivity index (χ0v) is 18.0. The van der Waals surface area contributed by atoms with Gasteiger partial charge in [-0.25, -0.2) is 0 Å². The van der Waals surface area contributed by atoms with Gasteiger partial charge in [0, 0.05) is 49.7 Å². The number of aromatic amines is 1. The van der Waals surface area contributed by atoms with Crippen molar-refractivity contribution in [3.63, 3.8) is 0 Å². The first kappa shape index (κ1) is 20.9. The Kier molecular flexibility index (Phi) is 5.78. The fraction of sp³-hybridized carbons (Fsp3) is 0.360. The Morgan fingerprint density at radius 1 is 1.03 bits per heavy atom. The highest BCUT2D eigenvalue weighted by Gasteiger charge is 2.24. The van der Waals surface area contributed by atoms with Gasteiger partial charge >= 0.3 is 0 Å². The maximum Gasteiger partial charge on any atom is 0.258 e. The van der Waals surface area contributed by atoms with Gasteiger partial charge in [-0.15, -0.1) is 0 Å². The van der Waals surface area contributed by atoms with Crippen molar-refractivity contribution < 1.29 is 10.2 Å². The summed E-state index contributed by atoms with van der Waals surface area (Å²) in [5.74, 6) is 0. The van der Waals surface area contributed by atoms with Gasteiger partial charge in [0.15, 0.2) is 0 Å². The Hall–Kier alpha value is -3.00. The summed E-state index contributed by atoms with van der Waals surface area (Å²) in [6.45, 7) is 3.70. The summed E-state index contributed by atoms with van der Waals surface area (Å²) >= 11 is 0. The van der Waals surface area contributed by atoms with Crippen molar-refractivity contribution in [2.45, 2.75) is 18.9 Å². The summed E-state index contributed by atoms with van der Waals surface area (Å²) < 4.78 is 0. The zero-order chi connectivity index (χ0) is 22.1. The van der Waals surface area contributed by atoms with E-state index in [1.165, 1.54) is 5.56 Å². The van der Waals surface area contributed by atoms with Crippen LogP contribution in [0.3, 0.4) is 0 Å². The van der Waals surface area contributed by atoms with Crippen molar-refractivity contribution in [1.82, 2.24) is 9.88 Å². The second kappa shape index (κ2) is 8.86. The molecule has 3 heterocycles. The molecule has 1 saturated heterocycles. The molecule has 32 heavy (non-hydrogen) atoms. The molecule has 4 aliphatic rings. The highest BCUT2D eigenvalue weighted by atomic mass is 16.3. The second-order valence-corrected chi connectivity index (χ2v) is 8.56. The summed E-state index contributed by atoms with van der Waals surface area (Å²) in [5.41, 5.74) is 6.48. The lowest BCUT2D eigenvalue weighted by atomic mass is 9.95. The minimum atomic E-state index is -0.685. The monoisotopic (exact) mass is 432 g/mol. The lowest BCUT2D eigenvalue weighted by molar-refractivity contribution is 0.0575. The maximum atomic E-state index is 12.7. The molecule has 1 aromatic rings. The topological polar surface area (TPSA) is 92.2 Å². The number of nitrogens with zero attached hydrogens (tertiary/aromatic N) is 3. The molecule has 1 aliphatic carbocycles. The van der Waals surface area contributed by atoms with Crippen LogP contribution in [-0.2, 0) is 6.42 Å². The van der Waals surface area contributed by atoms with E-state index < -0.39 is 6.10 Å². The summed E-state index contributed by atoms with van der Waals surface area (Å²) in [7, 11) is 0. The molecule has 0 aromatic heterocycles. The van der Waals surface area contributed by atoms with E-state index >= 15 is 0 Å². The fourth-order valence-corrected chi connectivity index (χ4v) is 4.71. The van der Waals surface area contributed by atoms with Crippen LogP contribution in [0.1, 0.15) is 17.5 Å². The van der Waals surface area contributed by atoms with E-state index in [0.29, 0.717) is 12.1 Å². The van der Waals surface area contributed by atoms with E-state index in [1.807, 2.05) is 30.3 Å². The number of benzene rings is 1. The normalized spacial score (nSPS) is 17.8. The summed E-state index contributed by atoms with van der Waals surface area (Å²) in [6, 6.07) is 16.2. The van der Waals surface area contributed by atoms with E-state index in [2.05, 4.69) is 33.0 Å². The van der Waals surface area contributed by atoms with Gasteiger partial charge in [-0.2, -0.15) is 0 Å². The van der Waals surface area contributed by atoms with Crippen LogP contribution in [0.5, 0.6) is 0 Å². The van der Waals surface area contributed by atoms with Gasteiger partial charge in [-0.3, -0.25) is 14.7 Å². The zero-order valence-electron chi connectivity index (χ0n) is 18.0. The highest BCUT2D eigenvalue weighted by molar-refractivity contribution is 6.08. The van der Waals surface area contributed by atoms with Crippen molar-refractivity contribution in [1.29, 1.82) is 0 Å². The molecule has 0 radical (unpaired) electrons. The van der Waals surface area contributed by atoms with E-state index in [-0.39, 0.29) is 12.2 Å². The average Bonchev–Trinajstić information content (AvgIpc) is 2.96. The van der Waals surface area contributed by atoms with Crippen LogP contribution in [-0.4, -0.2) is 71.2 Å².